The Labute approximate surface area is 164 Å². The molecule has 2 aromatic rings. The molecule has 3 rings (SSSR count). The van der Waals surface area contributed by atoms with Crippen LogP contribution >= 0.6 is 15.9 Å². The summed E-state index contributed by atoms with van der Waals surface area (Å²) in [4.78, 5) is 6.69. The molecule has 0 aromatic heterocycles. The summed E-state index contributed by atoms with van der Waals surface area (Å²) in [7, 11) is 1.80. The Hall–Kier alpha value is -2.27. The van der Waals surface area contributed by atoms with Crippen LogP contribution in [0.1, 0.15) is 24.1 Å². The van der Waals surface area contributed by atoms with Gasteiger partial charge < -0.3 is 15.5 Å². The molecule has 1 atom stereocenters. The number of hydrogen-bond acceptors (Lipinski definition) is 2. The number of nitrogens with one attached hydrogen (secondary N) is 2. The number of hydrogen-bond donors (Lipinski definition) is 2. The molecular weight excluding hydrogens is 388 g/mol. The van der Waals surface area contributed by atoms with Crippen LogP contribution in [0.5, 0.6) is 0 Å². The zero-order chi connectivity index (χ0) is 18.4. The molecule has 0 spiro atoms. The Morgan fingerprint density at radius 3 is 2.46 bits per heavy atom. The van der Waals surface area contributed by atoms with Crippen molar-refractivity contribution in [2.24, 2.45) is 4.99 Å². The first-order valence-electron chi connectivity index (χ1n) is 8.88. The van der Waals surface area contributed by atoms with Gasteiger partial charge in [0.1, 0.15) is 0 Å². The number of halogens is 1. The average molecular weight is 413 g/mol. The fraction of sp³-hybridized carbons (Fsp3) is 0.286. The quantitative estimate of drug-likeness (QED) is 0.437. The standard InChI is InChI=1S/C21H25BrN4/c1-16(19-7-3-4-8-20(19)22)25-21(23-2)24-15-17-9-11-18(12-10-17)26-13-5-6-14-26/h3-12,16H,13-15H2,1-2H3,(H2,23,24,25). The van der Waals surface area contributed by atoms with Gasteiger partial charge in [-0.2, -0.15) is 0 Å². The molecule has 2 aromatic carbocycles. The zero-order valence-electron chi connectivity index (χ0n) is 15.2. The SMILES string of the molecule is CN=C(NCc1ccc(N2CC=CC2)cc1)NC(C)c1ccccc1Br. The monoisotopic (exact) mass is 412 g/mol. The molecule has 0 amide bonds. The molecule has 0 saturated heterocycles. The molecular formula is C21H25BrN4. The highest BCUT2D eigenvalue weighted by Crippen LogP contribution is 2.22. The smallest absolute Gasteiger partial charge is 0.191 e. The number of aliphatic imine (C=N–C) groups is 1. The molecule has 0 radical (unpaired) electrons. The molecule has 0 aliphatic carbocycles. The van der Waals surface area contributed by atoms with Crippen LogP contribution in [-0.2, 0) is 6.54 Å². The van der Waals surface area contributed by atoms with Crippen molar-refractivity contribution in [1.29, 1.82) is 0 Å². The fourth-order valence-corrected chi connectivity index (χ4v) is 3.63. The van der Waals surface area contributed by atoms with Gasteiger partial charge in [-0.1, -0.05) is 58.4 Å². The molecule has 5 heteroatoms. The zero-order valence-corrected chi connectivity index (χ0v) is 16.8. The lowest BCUT2D eigenvalue weighted by Crippen LogP contribution is -2.38. The van der Waals surface area contributed by atoms with Crippen molar-refractivity contribution >= 4 is 27.6 Å². The lowest BCUT2D eigenvalue weighted by Gasteiger charge is -2.20. The molecule has 0 saturated carbocycles. The van der Waals surface area contributed by atoms with Gasteiger partial charge in [-0.3, -0.25) is 4.99 Å². The van der Waals surface area contributed by atoms with E-state index in [-0.39, 0.29) is 6.04 Å². The molecule has 2 N–H and O–H groups in total. The largest absolute Gasteiger partial charge is 0.364 e. The van der Waals surface area contributed by atoms with Gasteiger partial charge in [0.05, 0.1) is 6.04 Å². The van der Waals surface area contributed by atoms with Gasteiger partial charge in [0.25, 0.3) is 0 Å². The second-order valence-corrected chi connectivity index (χ2v) is 7.21. The second-order valence-electron chi connectivity index (χ2n) is 6.36. The Kier molecular flexibility index (Phi) is 6.34. The molecule has 1 unspecified atom stereocenters. The Balaban J connectivity index is 1.54. The van der Waals surface area contributed by atoms with Gasteiger partial charge in [0.2, 0.25) is 0 Å². The van der Waals surface area contributed by atoms with E-state index in [1.807, 2.05) is 12.1 Å². The van der Waals surface area contributed by atoms with E-state index in [1.54, 1.807) is 7.05 Å². The minimum absolute atomic E-state index is 0.154. The molecule has 136 valence electrons. The minimum atomic E-state index is 0.154. The number of anilines is 1. The van der Waals surface area contributed by atoms with E-state index in [9.17, 15) is 0 Å². The van der Waals surface area contributed by atoms with Crippen molar-refractivity contribution < 1.29 is 0 Å². The molecule has 0 bridgehead atoms. The van der Waals surface area contributed by atoms with E-state index >= 15 is 0 Å². The van der Waals surface area contributed by atoms with E-state index in [4.69, 9.17) is 0 Å². The van der Waals surface area contributed by atoms with E-state index in [0.717, 1.165) is 30.1 Å². The fourth-order valence-electron chi connectivity index (χ4n) is 3.00. The summed E-state index contributed by atoms with van der Waals surface area (Å²) in [6, 6.07) is 17.1. The Morgan fingerprint density at radius 2 is 1.81 bits per heavy atom. The summed E-state index contributed by atoms with van der Waals surface area (Å²) < 4.78 is 1.10. The van der Waals surface area contributed by atoms with E-state index in [0.29, 0.717) is 0 Å². The summed E-state index contributed by atoms with van der Waals surface area (Å²) in [5, 5.41) is 6.84. The predicted octanol–water partition coefficient (Wildman–Crippen LogP) is 4.25. The van der Waals surface area contributed by atoms with Gasteiger partial charge in [0.15, 0.2) is 5.96 Å². The minimum Gasteiger partial charge on any atom is -0.364 e. The summed E-state index contributed by atoms with van der Waals surface area (Å²) in [6.07, 6.45) is 4.41. The first kappa shape index (κ1) is 18.5. The van der Waals surface area contributed by atoms with Crippen LogP contribution in [-0.4, -0.2) is 26.1 Å². The van der Waals surface area contributed by atoms with Gasteiger partial charge in [-0.15, -0.1) is 0 Å². The maximum atomic E-state index is 4.34. The highest BCUT2D eigenvalue weighted by Gasteiger charge is 2.11. The molecule has 4 nitrogen and oxygen atoms in total. The average Bonchev–Trinajstić information content (AvgIpc) is 3.20. The summed E-state index contributed by atoms with van der Waals surface area (Å²) in [5.41, 5.74) is 3.71. The van der Waals surface area contributed by atoms with Crippen molar-refractivity contribution in [1.82, 2.24) is 10.6 Å². The summed E-state index contributed by atoms with van der Waals surface area (Å²) >= 11 is 3.61. The van der Waals surface area contributed by atoms with Gasteiger partial charge >= 0.3 is 0 Å². The van der Waals surface area contributed by atoms with Crippen LogP contribution in [0.2, 0.25) is 0 Å². The van der Waals surface area contributed by atoms with E-state index < -0.39 is 0 Å². The van der Waals surface area contributed by atoms with Crippen LogP contribution in [0.4, 0.5) is 5.69 Å². The Bertz CT molecular complexity index is 775. The van der Waals surface area contributed by atoms with Crippen LogP contribution in [0.25, 0.3) is 0 Å². The summed E-state index contributed by atoms with van der Waals surface area (Å²) in [5.74, 6) is 0.793. The van der Waals surface area contributed by atoms with E-state index in [1.165, 1.54) is 16.8 Å². The molecule has 0 fully saturated rings. The molecule has 1 aliphatic heterocycles. The number of rotatable bonds is 5. The number of benzene rings is 2. The lowest BCUT2D eigenvalue weighted by molar-refractivity contribution is 0.682. The molecule has 1 aliphatic rings. The molecule has 26 heavy (non-hydrogen) atoms. The van der Waals surface area contributed by atoms with Crippen LogP contribution < -0.4 is 15.5 Å². The highest BCUT2D eigenvalue weighted by molar-refractivity contribution is 9.10. The first-order chi connectivity index (χ1) is 12.7. The van der Waals surface area contributed by atoms with Crippen molar-refractivity contribution in [3.05, 3.63) is 76.3 Å². The normalized spacial score (nSPS) is 15.2. The topological polar surface area (TPSA) is 39.7 Å². The van der Waals surface area contributed by atoms with Gasteiger partial charge in [-0.05, 0) is 36.2 Å². The van der Waals surface area contributed by atoms with Crippen molar-refractivity contribution in [2.45, 2.75) is 19.5 Å². The maximum absolute atomic E-state index is 4.34. The van der Waals surface area contributed by atoms with E-state index in [2.05, 4.69) is 91.9 Å². The number of guanidine groups is 1. The third-order valence-electron chi connectivity index (χ3n) is 4.53. The lowest BCUT2D eigenvalue weighted by atomic mass is 10.1. The molecule has 1 heterocycles. The van der Waals surface area contributed by atoms with Gasteiger partial charge in [0, 0.05) is 36.8 Å². The third-order valence-corrected chi connectivity index (χ3v) is 5.25. The Morgan fingerprint density at radius 1 is 1.12 bits per heavy atom. The van der Waals surface area contributed by atoms with Crippen LogP contribution in [0.15, 0.2) is 70.1 Å². The third kappa shape index (κ3) is 4.67. The first-order valence-corrected chi connectivity index (χ1v) is 9.67. The number of nitrogens with zero attached hydrogens (tertiary/aromatic N) is 2. The second kappa shape index (κ2) is 8.90. The summed E-state index contributed by atoms with van der Waals surface area (Å²) in [6.45, 7) is 4.87. The van der Waals surface area contributed by atoms with Crippen molar-refractivity contribution in [3.8, 4) is 0 Å². The van der Waals surface area contributed by atoms with Crippen LogP contribution in [0, 0.1) is 0 Å². The van der Waals surface area contributed by atoms with Crippen molar-refractivity contribution in [2.75, 3.05) is 25.0 Å². The predicted molar refractivity (Wildman–Crippen MR) is 114 cm³/mol. The van der Waals surface area contributed by atoms with Gasteiger partial charge in [-0.25, -0.2) is 0 Å². The highest BCUT2D eigenvalue weighted by atomic mass is 79.9. The van der Waals surface area contributed by atoms with Crippen LogP contribution in [0.3, 0.4) is 0 Å². The van der Waals surface area contributed by atoms with Crippen molar-refractivity contribution in [3.63, 3.8) is 0 Å². The maximum Gasteiger partial charge on any atom is 0.191 e.